The van der Waals surface area contributed by atoms with E-state index in [0.717, 1.165) is 19.3 Å². The fraction of sp³-hybridized carbons (Fsp3) is 0.917. The first-order chi connectivity index (χ1) is 7.56. The average molecular weight is 229 g/mol. The molecule has 1 aliphatic rings. The second kappa shape index (κ2) is 5.64. The third kappa shape index (κ3) is 2.95. The lowest BCUT2D eigenvalue weighted by molar-refractivity contribution is -0.152. The van der Waals surface area contributed by atoms with Gasteiger partial charge in [-0.15, -0.1) is 0 Å². The maximum absolute atomic E-state index is 11.5. The van der Waals surface area contributed by atoms with Crippen LogP contribution in [0.3, 0.4) is 0 Å². The molecule has 0 saturated heterocycles. The highest BCUT2D eigenvalue weighted by molar-refractivity contribution is 5.78. The maximum atomic E-state index is 11.5. The summed E-state index contributed by atoms with van der Waals surface area (Å²) < 4.78 is 5.07. The Morgan fingerprint density at radius 3 is 2.56 bits per heavy atom. The van der Waals surface area contributed by atoms with Crippen LogP contribution in [0.5, 0.6) is 0 Å². The minimum Gasteiger partial charge on any atom is -0.480 e. The van der Waals surface area contributed by atoms with E-state index in [4.69, 9.17) is 4.74 Å². The molecule has 94 valence electrons. The second-order valence-electron chi connectivity index (χ2n) is 4.75. The van der Waals surface area contributed by atoms with Gasteiger partial charge in [-0.25, -0.2) is 0 Å². The summed E-state index contributed by atoms with van der Waals surface area (Å²) in [6.07, 6.45) is 3.83. The van der Waals surface area contributed by atoms with Crippen LogP contribution in [-0.4, -0.2) is 47.8 Å². The molecule has 0 heterocycles. The van der Waals surface area contributed by atoms with Gasteiger partial charge in [-0.3, -0.25) is 9.69 Å². The Morgan fingerprint density at radius 2 is 2.19 bits per heavy atom. The number of nitrogens with zero attached hydrogens (tertiary/aromatic N) is 1. The quantitative estimate of drug-likeness (QED) is 0.689. The summed E-state index contributed by atoms with van der Waals surface area (Å²) in [5.74, 6) is -0.711. The standard InChI is InChI=1S/C12H23NO3/c1-4-7-12(2,11(14)15)13(8-9-16-3)10-5-6-10/h10H,4-9H2,1-3H3,(H,14,15). The zero-order valence-corrected chi connectivity index (χ0v) is 10.5. The highest BCUT2D eigenvalue weighted by Gasteiger charge is 2.45. The van der Waals surface area contributed by atoms with Crippen molar-refractivity contribution in [2.45, 2.75) is 51.1 Å². The van der Waals surface area contributed by atoms with Gasteiger partial charge in [0.2, 0.25) is 0 Å². The van der Waals surface area contributed by atoms with E-state index in [1.807, 2.05) is 13.8 Å². The lowest BCUT2D eigenvalue weighted by Gasteiger charge is -2.38. The SMILES string of the molecule is CCCC(C)(C(=O)O)N(CCOC)C1CC1. The van der Waals surface area contributed by atoms with Crippen LogP contribution in [0.25, 0.3) is 0 Å². The molecule has 1 N–H and O–H groups in total. The monoisotopic (exact) mass is 229 g/mol. The van der Waals surface area contributed by atoms with Crippen LogP contribution in [0.1, 0.15) is 39.5 Å². The highest BCUT2D eigenvalue weighted by Crippen LogP contribution is 2.35. The van der Waals surface area contributed by atoms with Crippen LogP contribution < -0.4 is 0 Å². The van der Waals surface area contributed by atoms with Gasteiger partial charge in [0, 0.05) is 19.7 Å². The predicted molar refractivity (Wildman–Crippen MR) is 62.6 cm³/mol. The number of methoxy groups -OCH3 is 1. The fourth-order valence-electron chi connectivity index (χ4n) is 2.27. The Balaban J connectivity index is 2.73. The lowest BCUT2D eigenvalue weighted by atomic mass is 9.93. The van der Waals surface area contributed by atoms with Gasteiger partial charge in [-0.1, -0.05) is 13.3 Å². The summed E-state index contributed by atoms with van der Waals surface area (Å²) in [7, 11) is 1.66. The number of hydrogen-bond acceptors (Lipinski definition) is 3. The number of aliphatic carboxylic acids is 1. The molecule has 0 aliphatic heterocycles. The van der Waals surface area contributed by atoms with Gasteiger partial charge in [0.15, 0.2) is 0 Å². The molecule has 0 aromatic carbocycles. The van der Waals surface area contributed by atoms with Crippen molar-refractivity contribution in [2.24, 2.45) is 0 Å². The molecule has 0 aromatic heterocycles. The van der Waals surface area contributed by atoms with Crippen LogP contribution in [0.15, 0.2) is 0 Å². The molecule has 16 heavy (non-hydrogen) atoms. The van der Waals surface area contributed by atoms with Crippen molar-refractivity contribution in [1.29, 1.82) is 0 Å². The van der Waals surface area contributed by atoms with Gasteiger partial charge in [0.25, 0.3) is 0 Å². The lowest BCUT2D eigenvalue weighted by Crippen LogP contribution is -2.54. The summed E-state index contributed by atoms with van der Waals surface area (Å²) in [6, 6.07) is 0.447. The van der Waals surface area contributed by atoms with Crippen LogP contribution in [0.2, 0.25) is 0 Å². The van der Waals surface area contributed by atoms with Gasteiger partial charge in [0.05, 0.1) is 6.61 Å². The largest absolute Gasteiger partial charge is 0.480 e. The molecule has 4 nitrogen and oxygen atoms in total. The van der Waals surface area contributed by atoms with Crippen LogP contribution in [-0.2, 0) is 9.53 Å². The number of carboxylic acids is 1. The first-order valence-electron chi connectivity index (χ1n) is 6.05. The zero-order valence-electron chi connectivity index (χ0n) is 10.5. The van der Waals surface area contributed by atoms with Gasteiger partial charge in [-0.05, 0) is 26.2 Å². The van der Waals surface area contributed by atoms with Crippen molar-refractivity contribution < 1.29 is 14.6 Å². The van der Waals surface area contributed by atoms with Crippen molar-refractivity contribution >= 4 is 5.97 Å². The summed E-state index contributed by atoms with van der Waals surface area (Å²) in [5.41, 5.74) is -0.728. The predicted octanol–water partition coefficient (Wildman–Crippen LogP) is 1.74. The molecular formula is C12H23NO3. The number of rotatable bonds is 8. The first-order valence-corrected chi connectivity index (χ1v) is 6.05. The van der Waals surface area contributed by atoms with E-state index >= 15 is 0 Å². The molecular weight excluding hydrogens is 206 g/mol. The van der Waals surface area contributed by atoms with E-state index < -0.39 is 11.5 Å². The van der Waals surface area contributed by atoms with E-state index in [9.17, 15) is 9.90 Å². The Labute approximate surface area is 97.6 Å². The van der Waals surface area contributed by atoms with Gasteiger partial charge >= 0.3 is 5.97 Å². The van der Waals surface area contributed by atoms with Crippen LogP contribution in [0.4, 0.5) is 0 Å². The second-order valence-corrected chi connectivity index (χ2v) is 4.75. The van der Waals surface area contributed by atoms with Crippen molar-refractivity contribution in [3.05, 3.63) is 0 Å². The topological polar surface area (TPSA) is 49.8 Å². The highest BCUT2D eigenvalue weighted by atomic mass is 16.5. The molecule has 1 atom stereocenters. The summed E-state index contributed by atoms with van der Waals surface area (Å²) >= 11 is 0. The maximum Gasteiger partial charge on any atom is 0.323 e. The average Bonchev–Trinajstić information content (AvgIpc) is 3.02. The van der Waals surface area contributed by atoms with E-state index in [-0.39, 0.29) is 0 Å². The summed E-state index contributed by atoms with van der Waals surface area (Å²) in [4.78, 5) is 13.6. The molecule has 1 rings (SSSR count). The third-order valence-electron chi connectivity index (χ3n) is 3.36. The van der Waals surface area contributed by atoms with E-state index in [0.29, 0.717) is 25.6 Å². The van der Waals surface area contributed by atoms with Crippen molar-refractivity contribution in [2.75, 3.05) is 20.3 Å². The molecule has 1 saturated carbocycles. The molecule has 1 fully saturated rings. The van der Waals surface area contributed by atoms with Crippen LogP contribution >= 0.6 is 0 Å². The van der Waals surface area contributed by atoms with Gasteiger partial charge in [0.1, 0.15) is 5.54 Å². The molecule has 0 radical (unpaired) electrons. The minimum atomic E-state index is -0.728. The summed E-state index contributed by atoms with van der Waals surface area (Å²) in [5, 5.41) is 9.43. The normalized spacial score (nSPS) is 19.8. The Kier molecular flexibility index (Phi) is 4.74. The van der Waals surface area contributed by atoms with E-state index in [1.165, 1.54) is 0 Å². The van der Waals surface area contributed by atoms with E-state index in [2.05, 4.69) is 4.90 Å². The molecule has 4 heteroatoms. The van der Waals surface area contributed by atoms with E-state index in [1.54, 1.807) is 7.11 Å². The molecule has 0 aromatic rings. The number of ether oxygens (including phenoxy) is 1. The third-order valence-corrected chi connectivity index (χ3v) is 3.36. The number of carbonyl (C=O) groups is 1. The molecule has 1 unspecified atom stereocenters. The molecule has 0 amide bonds. The molecule has 1 aliphatic carbocycles. The number of hydrogen-bond donors (Lipinski definition) is 1. The Bertz CT molecular complexity index is 240. The van der Waals surface area contributed by atoms with Crippen LogP contribution in [0, 0.1) is 0 Å². The van der Waals surface area contributed by atoms with Gasteiger partial charge < -0.3 is 9.84 Å². The fourth-order valence-corrected chi connectivity index (χ4v) is 2.27. The summed E-state index contributed by atoms with van der Waals surface area (Å²) in [6.45, 7) is 5.18. The van der Waals surface area contributed by atoms with Crippen molar-refractivity contribution in [3.8, 4) is 0 Å². The first kappa shape index (κ1) is 13.5. The Hall–Kier alpha value is -0.610. The smallest absolute Gasteiger partial charge is 0.323 e. The molecule has 0 spiro atoms. The zero-order chi connectivity index (χ0) is 12.2. The van der Waals surface area contributed by atoms with Crippen molar-refractivity contribution in [3.63, 3.8) is 0 Å². The van der Waals surface area contributed by atoms with Crippen molar-refractivity contribution in [1.82, 2.24) is 4.90 Å². The Morgan fingerprint density at radius 1 is 1.56 bits per heavy atom. The minimum absolute atomic E-state index is 0.447. The molecule has 0 bridgehead atoms. The van der Waals surface area contributed by atoms with Gasteiger partial charge in [-0.2, -0.15) is 0 Å². The number of carboxylic acid groups (broad SMARTS) is 1.